The minimum absolute atomic E-state index is 0.101. The van der Waals surface area contributed by atoms with Gasteiger partial charge in [0.2, 0.25) is 4.96 Å². The van der Waals surface area contributed by atoms with E-state index in [9.17, 15) is 4.79 Å². The summed E-state index contributed by atoms with van der Waals surface area (Å²) in [5, 5.41) is 5.81. The molecule has 1 fully saturated rings. The number of benzene rings is 1. The number of hydrogen-bond acceptors (Lipinski definition) is 6. The molecule has 1 aromatic carbocycles. The summed E-state index contributed by atoms with van der Waals surface area (Å²) >= 11 is 7.40. The molecule has 3 heterocycles. The van der Waals surface area contributed by atoms with Crippen molar-refractivity contribution >= 4 is 27.9 Å². The summed E-state index contributed by atoms with van der Waals surface area (Å²) in [6, 6.07) is 9.65. The van der Waals surface area contributed by atoms with Gasteiger partial charge in [-0.15, -0.1) is 0 Å². The number of nitrogens with zero attached hydrogens (tertiary/aromatic N) is 5. The Hall–Kier alpha value is -1.80. The summed E-state index contributed by atoms with van der Waals surface area (Å²) in [6.45, 7) is 7.48. The van der Waals surface area contributed by atoms with Crippen LogP contribution in [0, 0.1) is 6.92 Å². The van der Waals surface area contributed by atoms with E-state index in [-0.39, 0.29) is 5.56 Å². The predicted molar refractivity (Wildman–Crippen MR) is 104 cm³/mol. The molecule has 0 unspecified atom stereocenters. The van der Waals surface area contributed by atoms with E-state index in [1.807, 2.05) is 19.1 Å². The van der Waals surface area contributed by atoms with Gasteiger partial charge in [0.15, 0.2) is 0 Å². The van der Waals surface area contributed by atoms with Gasteiger partial charge >= 0.3 is 0 Å². The van der Waals surface area contributed by atoms with Gasteiger partial charge in [-0.2, -0.15) is 9.61 Å². The van der Waals surface area contributed by atoms with E-state index in [4.69, 9.17) is 11.6 Å². The van der Waals surface area contributed by atoms with E-state index in [0.29, 0.717) is 11.5 Å². The highest BCUT2D eigenvalue weighted by Gasteiger charge is 2.18. The molecule has 3 aromatic rings. The van der Waals surface area contributed by atoms with Crippen molar-refractivity contribution in [2.24, 2.45) is 0 Å². The summed E-state index contributed by atoms with van der Waals surface area (Å²) in [5.74, 6) is 0. The van der Waals surface area contributed by atoms with Gasteiger partial charge in [-0.25, -0.2) is 4.98 Å². The number of fused-ring (bicyclic) bond motifs is 1. The average Bonchev–Trinajstić information content (AvgIpc) is 3.00. The van der Waals surface area contributed by atoms with Gasteiger partial charge in [-0.05, 0) is 24.6 Å². The van der Waals surface area contributed by atoms with Crippen molar-refractivity contribution in [1.29, 1.82) is 0 Å². The number of aromatic nitrogens is 3. The molecule has 1 saturated heterocycles. The molecular formula is C18H20ClN5OS. The summed E-state index contributed by atoms with van der Waals surface area (Å²) in [5.41, 5.74) is 2.00. The largest absolute Gasteiger partial charge is 0.297 e. The van der Waals surface area contributed by atoms with E-state index >= 15 is 0 Å². The minimum Gasteiger partial charge on any atom is -0.297 e. The monoisotopic (exact) mass is 389 g/mol. The molecule has 0 radical (unpaired) electrons. The van der Waals surface area contributed by atoms with E-state index in [1.54, 1.807) is 6.07 Å². The zero-order valence-corrected chi connectivity index (χ0v) is 16.1. The third kappa shape index (κ3) is 3.96. The number of halogens is 1. The molecule has 0 spiro atoms. The van der Waals surface area contributed by atoms with Crippen molar-refractivity contribution < 1.29 is 0 Å². The van der Waals surface area contributed by atoms with Crippen molar-refractivity contribution in [3.63, 3.8) is 0 Å². The Morgan fingerprint density at radius 1 is 1.08 bits per heavy atom. The molecule has 0 amide bonds. The second kappa shape index (κ2) is 7.44. The molecule has 0 bridgehead atoms. The molecule has 26 heavy (non-hydrogen) atoms. The molecular weight excluding hydrogens is 370 g/mol. The SMILES string of the molecule is Cc1nn2c(=O)cc(CN3CCN(Cc4ccc(Cl)cc4)CC3)nc2s1. The van der Waals surface area contributed by atoms with E-state index < -0.39 is 0 Å². The summed E-state index contributed by atoms with van der Waals surface area (Å²) in [6.07, 6.45) is 0. The van der Waals surface area contributed by atoms with Gasteiger partial charge < -0.3 is 0 Å². The first-order chi connectivity index (χ1) is 12.6. The number of piperazine rings is 1. The normalized spacial score (nSPS) is 16.4. The molecule has 0 N–H and O–H groups in total. The predicted octanol–water partition coefficient (Wildman–Crippen LogP) is 2.43. The maximum absolute atomic E-state index is 12.2. The first-order valence-corrected chi connectivity index (χ1v) is 9.82. The van der Waals surface area contributed by atoms with Gasteiger partial charge in [0.1, 0.15) is 5.01 Å². The molecule has 1 aliphatic rings. The first kappa shape index (κ1) is 17.6. The second-order valence-corrected chi connectivity index (χ2v) is 8.18. The molecule has 8 heteroatoms. The van der Waals surface area contributed by atoms with Crippen LogP contribution in [0.2, 0.25) is 5.02 Å². The third-order valence-corrected chi connectivity index (χ3v) is 5.64. The number of rotatable bonds is 4. The number of hydrogen-bond donors (Lipinski definition) is 0. The van der Waals surface area contributed by atoms with Gasteiger partial charge in [-0.1, -0.05) is 35.1 Å². The van der Waals surface area contributed by atoms with Gasteiger partial charge in [0.25, 0.3) is 5.56 Å². The molecule has 6 nitrogen and oxygen atoms in total. The van der Waals surface area contributed by atoms with Crippen LogP contribution in [0.1, 0.15) is 16.3 Å². The Morgan fingerprint density at radius 3 is 2.42 bits per heavy atom. The fourth-order valence-corrected chi connectivity index (χ4v) is 4.11. The second-order valence-electron chi connectivity index (χ2n) is 6.58. The van der Waals surface area contributed by atoms with Crippen molar-refractivity contribution in [3.05, 3.63) is 62.0 Å². The van der Waals surface area contributed by atoms with Crippen LogP contribution in [0.3, 0.4) is 0 Å². The van der Waals surface area contributed by atoms with Crippen LogP contribution in [-0.4, -0.2) is 50.6 Å². The Kier molecular flexibility index (Phi) is 5.04. The summed E-state index contributed by atoms with van der Waals surface area (Å²) in [4.78, 5) is 22.2. The minimum atomic E-state index is -0.101. The van der Waals surface area contributed by atoms with E-state index in [2.05, 4.69) is 32.0 Å². The number of aryl methyl sites for hydroxylation is 1. The van der Waals surface area contributed by atoms with Gasteiger partial charge in [0.05, 0.1) is 5.69 Å². The smallest absolute Gasteiger partial charge is 0.275 e. The lowest BCUT2D eigenvalue weighted by molar-refractivity contribution is 0.121. The highest BCUT2D eigenvalue weighted by Crippen LogP contribution is 2.14. The Labute approximate surface area is 160 Å². The topological polar surface area (TPSA) is 53.7 Å². The molecule has 0 saturated carbocycles. The maximum atomic E-state index is 12.2. The zero-order chi connectivity index (χ0) is 18.1. The van der Waals surface area contributed by atoms with Crippen LogP contribution in [-0.2, 0) is 13.1 Å². The van der Waals surface area contributed by atoms with E-state index in [1.165, 1.54) is 21.4 Å². The molecule has 4 rings (SSSR count). The highest BCUT2D eigenvalue weighted by atomic mass is 35.5. The Bertz CT molecular complexity index is 960. The van der Waals surface area contributed by atoms with Gasteiger partial charge in [0, 0.05) is 50.4 Å². The summed E-state index contributed by atoms with van der Waals surface area (Å²) < 4.78 is 1.38. The first-order valence-electron chi connectivity index (χ1n) is 8.62. The standard InChI is InChI=1S/C18H20ClN5OS/c1-13-21-24-17(25)10-16(20-18(24)26-13)12-23-8-6-22(7-9-23)11-14-2-4-15(19)5-3-14/h2-5,10H,6-9,11-12H2,1H3. The lowest BCUT2D eigenvalue weighted by Gasteiger charge is -2.34. The third-order valence-electron chi connectivity index (χ3n) is 4.57. The van der Waals surface area contributed by atoms with Crippen LogP contribution >= 0.6 is 22.9 Å². The van der Waals surface area contributed by atoms with Crippen LogP contribution in [0.4, 0.5) is 0 Å². The van der Waals surface area contributed by atoms with Crippen molar-refractivity contribution in [3.8, 4) is 0 Å². The summed E-state index contributed by atoms with van der Waals surface area (Å²) in [7, 11) is 0. The zero-order valence-electron chi connectivity index (χ0n) is 14.6. The van der Waals surface area contributed by atoms with Crippen molar-refractivity contribution in [2.75, 3.05) is 26.2 Å². The Balaban J connectivity index is 1.36. The Morgan fingerprint density at radius 2 is 1.73 bits per heavy atom. The average molecular weight is 390 g/mol. The van der Waals surface area contributed by atoms with Crippen molar-refractivity contribution in [2.45, 2.75) is 20.0 Å². The van der Waals surface area contributed by atoms with E-state index in [0.717, 1.165) is 48.4 Å². The molecule has 136 valence electrons. The van der Waals surface area contributed by atoms with Crippen LogP contribution in [0.25, 0.3) is 4.96 Å². The van der Waals surface area contributed by atoms with Crippen LogP contribution < -0.4 is 5.56 Å². The molecule has 0 aliphatic carbocycles. The van der Waals surface area contributed by atoms with Gasteiger partial charge in [-0.3, -0.25) is 14.6 Å². The lowest BCUT2D eigenvalue weighted by atomic mass is 10.2. The van der Waals surface area contributed by atoms with Crippen LogP contribution in [0.5, 0.6) is 0 Å². The molecule has 2 aromatic heterocycles. The van der Waals surface area contributed by atoms with Crippen LogP contribution in [0.15, 0.2) is 35.1 Å². The lowest BCUT2D eigenvalue weighted by Crippen LogP contribution is -2.45. The molecule has 1 aliphatic heterocycles. The van der Waals surface area contributed by atoms with Crippen molar-refractivity contribution in [1.82, 2.24) is 24.4 Å². The fraction of sp³-hybridized carbons (Fsp3) is 0.389. The quantitative estimate of drug-likeness (QED) is 0.686. The molecule has 0 atom stereocenters. The highest BCUT2D eigenvalue weighted by molar-refractivity contribution is 7.16. The fourth-order valence-electron chi connectivity index (χ4n) is 3.22. The maximum Gasteiger partial charge on any atom is 0.275 e.